The van der Waals surface area contributed by atoms with Crippen LogP contribution in [0, 0.1) is 11.8 Å². The van der Waals surface area contributed by atoms with Crippen LogP contribution >= 0.6 is 0 Å². The van der Waals surface area contributed by atoms with Crippen molar-refractivity contribution in [1.29, 1.82) is 0 Å². The molecule has 4 nitrogen and oxygen atoms in total. The molecule has 2 rings (SSSR count). The van der Waals surface area contributed by atoms with Crippen LogP contribution in [0.5, 0.6) is 0 Å². The largest absolute Gasteiger partial charge is 0.401 e. The summed E-state index contributed by atoms with van der Waals surface area (Å²) in [5.41, 5.74) is 0. The van der Waals surface area contributed by atoms with E-state index < -0.39 is 12.7 Å². The van der Waals surface area contributed by atoms with Gasteiger partial charge in [0, 0.05) is 19.5 Å². The minimum absolute atomic E-state index is 0.0242. The summed E-state index contributed by atoms with van der Waals surface area (Å²) in [4.78, 5) is 13.2. The van der Waals surface area contributed by atoms with Crippen molar-refractivity contribution < 1.29 is 18.0 Å². The molecule has 0 aromatic heterocycles. The van der Waals surface area contributed by atoms with Gasteiger partial charge in [0.2, 0.25) is 5.91 Å². The van der Waals surface area contributed by atoms with Crippen molar-refractivity contribution in [2.75, 3.05) is 39.3 Å². The number of carbonyl (C=O) groups excluding carboxylic acids is 1. The molecule has 2 fully saturated rings. The van der Waals surface area contributed by atoms with Crippen LogP contribution in [0.4, 0.5) is 13.2 Å². The van der Waals surface area contributed by atoms with Crippen molar-refractivity contribution >= 4 is 5.91 Å². The van der Waals surface area contributed by atoms with Crippen LogP contribution < -0.4 is 10.6 Å². The van der Waals surface area contributed by atoms with Gasteiger partial charge in [0.15, 0.2) is 0 Å². The summed E-state index contributed by atoms with van der Waals surface area (Å²) >= 11 is 0. The second-order valence-electron chi connectivity index (χ2n) is 6.21. The molecule has 0 bridgehead atoms. The quantitative estimate of drug-likeness (QED) is 0.779. The van der Waals surface area contributed by atoms with Crippen LogP contribution in [0.1, 0.15) is 25.7 Å². The molecule has 0 radical (unpaired) electrons. The molecular formula is C14H24F3N3O. The molecule has 2 unspecified atom stereocenters. The van der Waals surface area contributed by atoms with Gasteiger partial charge >= 0.3 is 6.18 Å². The highest BCUT2D eigenvalue weighted by molar-refractivity contribution is 5.75. The Morgan fingerprint density at radius 1 is 1.29 bits per heavy atom. The number of nitrogens with zero attached hydrogens (tertiary/aromatic N) is 1. The summed E-state index contributed by atoms with van der Waals surface area (Å²) in [5, 5.41) is 6.13. The average Bonchev–Trinajstić information content (AvgIpc) is 3.03. The van der Waals surface area contributed by atoms with Gasteiger partial charge in [-0.1, -0.05) is 0 Å². The number of rotatable bonds is 6. The molecule has 2 saturated heterocycles. The molecule has 2 aliphatic heterocycles. The molecule has 2 atom stereocenters. The lowest BCUT2D eigenvalue weighted by molar-refractivity contribution is -0.143. The van der Waals surface area contributed by atoms with E-state index >= 15 is 0 Å². The van der Waals surface area contributed by atoms with E-state index in [2.05, 4.69) is 10.6 Å². The van der Waals surface area contributed by atoms with Crippen LogP contribution in [-0.2, 0) is 4.79 Å². The van der Waals surface area contributed by atoms with Crippen molar-refractivity contribution in [3.05, 3.63) is 0 Å². The lowest BCUT2D eigenvalue weighted by Gasteiger charge is -2.18. The minimum Gasteiger partial charge on any atom is -0.356 e. The van der Waals surface area contributed by atoms with Crippen molar-refractivity contribution in [3.63, 3.8) is 0 Å². The number of carbonyl (C=O) groups is 1. The highest BCUT2D eigenvalue weighted by atomic mass is 19.4. The molecule has 0 saturated carbocycles. The van der Waals surface area contributed by atoms with Crippen molar-refractivity contribution in [1.82, 2.24) is 15.5 Å². The van der Waals surface area contributed by atoms with Gasteiger partial charge in [-0.2, -0.15) is 13.2 Å². The van der Waals surface area contributed by atoms with E-state index in [0.29, 0.717) is 32.0 Å². The predicted octanol–water partition coefficient (Wildman–Crippen LogP) is 1.38. The fourth-order valence-electron chi connectivity index (χ4n) is 3.12. The Labute approximate surface area is 123 Å². The van der Waals surface area contributed by atoms with Crippen molar-refractivity contribution in [2.45, 2.75) is 31.9 Å². The van der Waals surface area contributed by atoms with Crippen LogP contribution in [0.25, 0.3) is 0 Å². The molecule has 7 heteroatoms. The summed E-state index contributed by atoms with van der Waals surface area (Å²) in [6.07, 6.45) is -0.867. The Morgan fingerprint density at radius 2 is 2.10 bits per heavy atom. The normalized spacial score (nSPS) is 27.2. The maximum absolute atomic E-state index is 12.3. The Balaban J connectivity index is 1.57. The Morgan fingerprint density at radius 3 is 2.76 bits per heavy atom. The minimum atomic E-state index is -4.13. The van der Waals surface area contributed by atoms with Gasteiger partial charge in [0.05, 0.1) is 6.54 Å². The first-order valence-electron chi connectivity index (χ1n) is 7.69. The third-order valence-electron chi connectivity index (χ3n) is 4.30. The molecule has 2 heterocycles. The molecular weight excluding hydrogens is 283 g/mol. The predicted molar refractivity (Wildman–Crippen MR) is 73.8 cm³/mol. The molecule has 2 aliphatic rings. The van der Waals surface area contributed by atoms with E-state index in [0.717, 1.165) is 32.4 Å². The third-order valence-corrected chi connectivity index (χ3v) is 4.30. The molecule has 2 N–H and O–H groups in total. The zero-order chi connectivity index (χ0) is 15.3. The third kappa shape index (κ3) is 6.22. The maximum Gasteiger partial charge on any atom is 0.401 e. The van der Waals surface area contributed by atoms with Gasteiger partial charge in [0.1, 0.15) is 0 Å². The molecule has 1 amide bonds. The summed E-state index contributed by atoms with van der Waals surface area (Å²) in [6.45, 7) is 2.56. The smallest absolute Gasteiger partial charge is 0.356 e. The Kier molecular flexibility index (Phi) is 5.87. The molecule has 0 aliphatic carbocycles. The number of alkyl halides is 3. The number of hydrogen-bond donors (Lipinski definition) is 2. The van der Waals surface area contributed by atoms with E-state index in [1.165, 1.54) is 4.90 Å². The summed E-state index contributed by atoms with van der Waals surface area (Å²) in [5.74, 6) is 0.755. The number of likely N-dealkylation sites (tertiary alicyclic amines) is 1. The maximum atomic E-state index is 12.3. The number of amides is 1. The van der Waals surface area contributed by atoms with E-state index in [1.807, 2.05) is 0 Å². The summed E-state index contributed by atoms with van der Waals surface area (Å²) in [7, 11) is 0. The van der Waals surface area contributed by atoms with E-state index in [9.17, 15) is 18.0 Å². The highest BCUT2D eigenvalue weighted by Gasteiger charge is 2.34. The van der Waals surface area contributed by atoms with Gasteiger partial charge in [-0.05, 0) is 50.7 Å². The van der Waals surface area contributed by atoms with Crippen molar-refractivity contribution in [2.24, 2.45) is 11.8 Å². The van der Waals surface area contributed by atoms with E-state index in [4.69, 9.17) is 0 Å². The second-order valence-corrected chi connectivity index (χ2v) is 6.21. The van der Waals surface area contributed by atoms with E-state index in [-0.39, 0.29) is 11.8 Å². The first kappa shape index (κ1) is 16.5. The number of halogens is 3. The lowest BCUT2D eigenvalue weighted by atomic mass is 10.0. The van der Waals surface area contributed by atoms with Gasteiger partial charge < -0.3 is 10.6 Å². The Hall–Kier alpha value is -0.820. The fraction of sp³-hybridized carbons (Fsp3) is 0.929. The SMILES string of the molecule is O=C(CCC1CCNC1)NCC1CCN(CC(F)(F)F)C1. The second kappa shape index (κ2) is 7.45. The Bertz CT molecular complexity index is 343. The summed E-state index contributed by atoms with van der Waals surface area (Å²) in [6, 6.07) is 0. The average molecular weight is 307 g/mol. The topological polar surface area (TPSA) is 44.4 Å². The number of hydrogen-bond acceptors (Lipinski definition) is 3. The molecule has 122 valence electrons. The highest BCUT2D eigenvalue weighted by Crippen LogP contribution is 2.22. The zero-order valence-electron chi connectivity index (χ0n) is 12.2. The zero-order valence-corrected chi connectivity index (χ0v) is 12.2. The van der Waals surface area contributed by atoms with Crippen molar-refractivity contribution in [3.8, 4) is 0 Å². The molecule has 0 aromatic rings. The number of nitrogens with one attached hydrogen (secondary N) is 2. The van der Waals surface area contributed by atoms with Gasteiger partial charge in [0.25, 0.3) is 0 Å². The molecule has 0 spiro atoms. The van der Waals surface area contributed by atoms with Crippen LogP contribution in [0.3, 0.4) is 0 Å². The van der Waals surface area contributed by atoms with Crippen LogP contribution in [0.15, 0.2) is 0 Å². The lowest BCUT2D eigenvalue weighted by Crippen LogP contribution is -2.34. The summed E-state index contributed by atoms with van der Waals surface area (Å²) < 4.78 is 36.8. The first-order chi connectivity index (χ1) is 9.92. The van der Waals surface area contributed by atoms with Crippen LogP contribution in [-0.4, -0.2) is 56.3 Å². The first-order valence-corrected chi connectivity index (χ1v) is 7.69. The van der Waals surface area contributed by atoms with Gasteiger partial charge in [-0.25, -0.2) is 0 Å². The van der Waals surface area contributed by atoms with Gasteiger partial charge in [-0.15, -0.1) is 0 Å². The van der Waals surface area contributed by atoms with E-state index in [1.54, 1.807) is 0 Å². The standard InChI is InChI=1S/C14H24F3N3O/c15-14(16,17)10-20-6-4-12(9-20)8-19-13(21)2-1-11-3-5-18-7-11/h11-12,18H,1-10H2,(H,19,21). The van der Waals surface area contributed by atoms with Crippen LogP contribution in [0.2, 0.25) is 0 Å². The fourth-order valence-corrected chi connectivity index (χ4v) is 3.12. The molecule has 0 aromatic carbocycles. The van der Waals surface area contributed by atoms with Gasteiger partial charge in [-0.3, -0.25) is 9.69 Å². The monoisotopic (exact) mass is 307 g/mol. The molecule has 21 heavy (non-hydrogen) atoms.